The summed E-state index contributed by atoms with van der Waals surface area (Å²) in [7, 11) is -3.55. The maximum absolute atomic E-state index is 13.0. The number of hydrogen-bond donors (Lipinski definition) is 1. The van der Waals surface area contributed by atoms with Gasteiger partial charge in [0.2, 0.25) is 10.0 Å². The van der Waals surface area contributed by atoms with E-state index in [0.717, 1.165) is 30.0 Å². The highest BCUT2D eigenvalue weighted by Gasteiger charge is 2.29. The number of piperazine rings is 1. The second-order valence-electron chi connectivity index (χ2n) is 8.59. The standard InChI is InChI=1S/C23H31N3O4S/c1-17-15-22(18(2)24-17)23(27)16-25-11-13-26(14-12-25)31(28,29)21-9-7-20(8-10-21)30-19-5-3-4-6-19/h7-10,15,19,24H,3-6,11-14,16H2,1-2H3. The number of H-pyrrole nitrogens is 1. The average molecular weight is 446 g/mol. The summed E-state index contributed by atoms with van der Waals surface area (Å²) in [4.78, 5) is 18.1. The molecule has 0 spiro atoms. The summed E-state index contributed by atoms with van der Waals surface area (Å²) < 4.78 is 33.5. The molecule has 2 heterocycles. The maximum Gasteiger partial charge on any atom is 0.243 e. The monoisotopic (exact) mass is 445 g/mol. The van der Waals surface area contributed by atoms with Crippen molar-refractivity contribution in [2.75, 3.05) is 32.7 Å². The zero-order chi connectivity index (χ0) is 22.0. The maximum atomic E-state index is 13.0. The molecular formula is C23H31N3O4S. The number of benzene rings is 1. The minimum absolute atomic E-state index is 0.0657. The summed E-state index contributed by atoms with van der Waals surface area (Å²) in [6.45, 7) is 5.96. The molecule has 8 heteroatoms. The predicted molar refractivity (Wildman–Crippen MR) is 119 cm³/mol. The molecule has 0 amide bonds. The lowest BCUT2D eigenvalue weighted by Gasteiger charge is -2.33. The van der Waals surface area contributed by atoms with Crippen LogP contribution in [0, 0.1) is 13.8 Å². The average Bonchev–Trinajstić information content (AvgIpc) is 3.37. The third-order valence-corrected chi connectivity index (χ3v) is 8.13. The summed E-state index contributed by atoms with van der Waals surface area (Å²) in [6.07, 6.45) is 4.77. The van der Waals surface area contributed by atoms with Crippen molar-refractivity contribution in [3.05, 3.63) is 47.3 Å². The Balaban J connectivity index is 1.33. The molecule has 1 aliphatic carbocycles. The van der Waals surface area contributed by atoms with Gasteiger partial charge in [-0.2, -0.15) is 4.31 Å². The second kappa shape index (κ2) is 9.14. The molecule has 0 atom stereocenters. The van der Waals surface area contributed by atoms with Gasteiger partial charge < -0.3 is 9.72 Å². The summed E-state index contributed by atoms with van der Waals surface area (Å²) in [5, 5.41) is 0. The lowest BCUT2D eigenvalue weighted by Crippen LogP contribution is -2.49. The fourth-order valence-electron chi connectivity index (χ4n) is 4.47. The second-order valence-corrected chi connectivity index (χ2v) is 10.5. The topological polar surface area (TPSA) is 82.7 Å². The Hall–Kier alpha value is -2.16. The van der Waals surface area contributed by atoms with E-state index in [2.05, 4.69) is 4.98 Å². The molecule has 168 valence electrons. The van der Waals surface area contributed by atoms with E-state index in [9.17, 15) is 13.2 Å². The number of carbonyl (C=O) groups is 1. The Morgan fingerprint density at radius 3 is 2.29 bits per heavy atom. The molecule has 7 nitrogen and oxygen atoms in total. The third-order valence-electron chi connectivity index (χ3n) is 6.21. The van der Waals surface area contributed by atoms with Gasteiger partial charge in [-0.1, -0.05) is 0 Å². The fraction of sp³-hybridized carbons (Fsp3) is 0.522. The Labute approximate surface area is 184 Å². The highest BCUT2D eigenvalue weighted by atomic mass is 32.2. The number of aromatic amines is 1. The largest absolute Gasteiger partial charge is 0.490 e. The van der Waals surface area contributed by atoms with Crippen LogP contribution in [-0.2, 0) is 10.0 Å². The number of Topliss-reactive ketones (excluding diaryl/α,β-unsaturated/α-hetero) is 1. The van der Waals surface area contributed by atoms with Gasteiger partial charge in [-0.3, -0.25) is 9.69 Å². The molecule has 2 aromatic rings. The van der Waals surface area contributed by atoms with Crippen LogP contribution in [0.25, 0.3) is 0 Å². The summed E-state index contributed by atoms with van der Waals surface area (Å²) >= 11 is 0. The normalized spacial score (nSPS) is 19.0. The minimum Gasteiger partial charge on any atom is -0.490 e. The number of carbonyl (C=O) groups excluding carboxylic acids is 1. The van der Waals surface area contributed by atoms with Gasteiger partial charge in [0.15, 0.2) is 5.78 Å². The van der Waals surface area contributed by atoms with Crippen LogP contribution in [-0.4, -0.2) is 67.2 Å². The number of nitrogens with zero attached hydrogens (tertiary/aromatic N) is 2. The minimum atomic E-state index is -3.55. The van der Waals surface area contributed by atoms with E-state index < -0.39 is 10.0 Å². The van der Waals surface area contributed by atoms with Crippen molar-refractivity contribution in [1.29, 1.82) is 0 Å². The van der Waals surface area contributed by atoms with Crippen LogP contribution in [0.3, 0.4) is 0 Å². The lowest BCUT2D eigenvalue weighted by atomic mass is 10.1. The van der Waals surface area contributed by atoms with Gasteiger partial charge in [0.25, 0.3) is 0 Å². The molecule has 1 aromatic heterocycles. The quantitative estimate of drug-likeness (QED) is 0.662. The molecule has 4 rings (SSSR count). The number of ether oxygens (including phenoxy) is 1. The van der Waals surface area contributed by atoms with Crippen molar-refractivity contribution < 1.29 is 17.9 Å². The van der Waals surface area contributed by atoms with Crippen LogP contribution in [0.4, 0.5) is 0 Å². The third kappa shape index (κ3) is 5.02. The number of nitrogens with one attached hydrogen (secondary N) is 1. The fourth-order valence-corrected chi connectivity index (χ4v) is 5.89. The molecule has 31 heavy (non-hydrogen) atoms. The van der Waals surface area contributed by atoms with Crippen LogP contribution < -0.4 is 4.74 Å². The van der Waals surface area contributed by atoms with Crippen LogP contribution in [0.2, 0.25) is 0 Å². The van der Waals surface area contributed by atoms with Crippen LogP contribution in [0.1, 0.15) is 47.4 Å². The Kier molecular flexibility index (Phi) is 6.50. The molecule has 0 bridgehead atoms. The van der Waals surface area contributed by atoms with E-state index in [4.69, 9.17) is 4.74 Å². The lowest BCUT2D eigenvalue weighted by molar-refractivity contribution is 0.0901. The Morgan fingerprint density at radius 1 is 1.06 bits per heavy atom. The Bertz CT molecular complexity index is 1020. The Morgan fingerprint density at radius 2 is 1.71 bits per heavy atom. The highest BCUT2D eigenvalue weighted by Crippen LogP contribution is 2.26. The predicted octanol–water partition coefficient (Wildman–Crippen LogP) is 3.14. The van der Waals surface area contributed by atoms with E-state index in [-0.39, 0.29) is 16.8 Å². The molecule has 2 aliphatic rings. The summed E-state index contributed by atoms with van der Waals surface area (Å²) in [5.74, 6) is 0.792. The summed E-state index contributed by atoms with van der Waals surface area (Å²) in [5.41, 5.74) is 2.56. The molecule has 2 fully saturated rings. The highest BCUT2D eigenvalue weighted by molar-refractivity contribution is 7.89. The van der Waals surface area contributed by atoms with Crippen molar-refractivity contribution >= 4 is 15.8 Å². The van der Waals surface area contributed by atoms with Crippen LogP contribution in [0.15, 0.2) is 35.2 Å². The number of ketones is 1. The van der Waals surface area contributed by atoms with Gasteiger partial charge in [-0.05, 0) is 69.9 Å². The molecule has 1 aromatic carbocycles. The first-order valence-corrected chi connectivity index (χ1v) is 12.5. The van der Waals surface area contributed by atoms with E-state index in [1.807, 2.05) is 24.8 Å². The van der Waals surface area contributed by atoms with Gasteiger partial charge in [0.05, 0.1) is 17.5 Å². The molecule has 0 radical (unpaired) electrons. The smallest absolute Gasteiger partial charge is 0.243 e. The molecule has 1 aliphatic heterocycles. The van der Waals surface area contributed by atoms with Gasteiger partial charge in [-0.25, -0.2) is 8.42 Å². The van der Waals surface area contributed by atoms with Crippen molar-refractivity contribution in [1.82, 2.24) is 14.2 Å². The first-order valence-electron chi connectivity index (χ1n) is 11.0. The molecule has 1 N–H and O–H groups in total. The number of aryl methyl sites for hydroxylation is 2. The van der Waals surface area contributed by atoms with Crippen LogP contribution >= 0.6 is 0 Å². The van der Waals surface area contributed by atoms with E-state index in [1.165, 1.54) is 17.1 Å². The van der Waals surface area contributed by atoms with Gasteiger partial charge >= 0.3 is 0 Å². The molecular weight excluding hydrogens is 414 g/mol. The van der Waals surface area contributed by atoms with Gasteiger partial charge in [0.1, 0.15) is 5.75 Å². The zero-order valence-corrected chi connectivity index (χ0v) is 19.1. The van der Waals surface area contributed by atoms with Crippen LogP contribution in [0.5, 0.6) is 5.75 Å². The number of aromatic nitrogens is 1. The van der Waals surface area contributed by atoms with Crippen molar-refractivity contribution in [2.45, 2.75) is 50.5 Å². The van der Waals surface area contributed by atoms with Crippen molar-refractivity contribution in [3.8, 4) is 5.75 Å². The van der Waals surface area contributed by atoms with E-state index >= 15 is 0 Å². The molecule has 1 saturated carbocycles. The summed E-state index contributed by atoms with van der Waals surface area (Å²) in [6, 6.07) is 8.64. The zero-order valence-electron chi connectivity index (χ0n) is 18.3. The number of hydrogen-bond acceptors (Lipinski definition) is 5. The van der Waals surface area contributed by atoms with E-state index in [1.54, 1.807) is 24.3 Å². The molecule has 1 saturated heterocycles. The van der Waals surface area contributed by atoms with Crippen molar-refractivity contribution in [2.24, 2.45) is 0 Å². The van der Waals surface area contributed by atoms with E-state index in [0.29, 0.717) is 38.3 Å². The SMILES string of the molecule is Cc1cc(C(=O)CN2CCN(S(=O)(=O)c3ccc(OC4CCCC4)cc3)CC2)c(C)[nH]1. The van der Waals surface area contributed by atoms with Crippen molar-refractivity contribution in [3.63, 3.8) is 0 Å². The van der Waals surface area contributed by atoms with Gasteiger partial charge in [0, 0.05) is 43.1 Å². The number of sulfonamides is 1. The van der Waals surface area contributed by atoms with Gasteiger partial charge in [-0.15, -0.1) is 0 Å². The molecule has 0 unspecified atom stereocenters. The first kappa shape index (κ1) is 22.0. The number of rotatable bonds is 7. The first-order chi connectivity index (χ1) is 14.8.